The monoisotopic (exact) mass is 416 g/mol. The number of aryl methyl sites for hydroxylation is 3. The van der Waals surface area contributed by atoms with E-state index in [9.17, 15) is 18.0 Å². The molecule has 3 rings (SSSR count). The Morgan fingerprint density at radius 2 is 1.79 bits per heavy atom. The molecular weight excluding hydrogens is 397 g/mol. The quantitative estimate of drug-likeness (QED) is 0.500. The molecule has 7 heteroatoms. The summed E-state index contributed by atoms with van der Waals surface area (Å²) in [5, 5.41) is 4.94. The highest BCUT2D eigenvalue weighted by Gasteiger charge is 2.30. The molecule has 29 heavy (non-hydrogen) atoms. The highest BCUT2D eigenvalue weighted by atomic mass is 32.1. The van der Waals surface area contributed by atoms with Gasteiger partial charge in [-0.3, -0.25) is 10.1 Å². The first-order chi connectivity index (χ1) is 13.6. The minimum Gasteiger partial charge on any atom is -0.298 e. The van der Waals surface area contributed by atoms with Crippen molar-refractivity contribution in [2.24, 2.45) is 0 Å². The van der Waals surface area contributed by atoms with Gasteiger partial charge in [0.05, 0.1) is 11.3 Å². The third-order valence-corrected chi connectivity index (χ3v) is 5.25. The minimum atomic E-state index is -4.42. The predicted molar refractivity (Wildman–Crippen MR) is 111 cm³/mol. The van der Waals surface area contributed by atoms with Crippen molar-refractivity contribution in [3.05, 3.63) is 75.7 Å². The third kappa shape index (κ3) is 5.12. The number of halogens is 3. The number of nitrogens with one attached hydrogen (secondary N) is 1. The van der Waals surface area contributed by atoms with E-state index in [-0.39, 0.29) is 0 Å². The van der Waals surface area contributed by atoms with Crippen LogP contribution in [0.3, 0.4) is 0 Å². The molecule has 0 spiro atoms. The summed E-state index contributed by atoms with van der Waals surface area (Å²) in [5.41, 5.74) is 4.77. The predicted octanol–water partition coefficient (Wildman–Crippen LogP) is 6.41. The van der Waals surface area contributed by atoms with Crippen LogP contribution in [0.25, 0.3) is 17.3 Å². The second-order valence-corrected chi connectivity index (χ2v) is 7.59. The summed E-state index contributed by atoms with van der Waals surface area (Å²) in [5.74, 6) is -0.458. The fourth-order valence-corrected chi connectivity index (χ4v) is 3.54. The zero-order chi connectivity index (χ0) is 21.2. The van der Waals surface area contributed by atoms with E-state index in [1.54, 1.807) is 0 Å². The summed E-state index contributed by atoms with van der Waals surface area (Å²) >= 11 is 1.29. The van der Waals surface area contributed by atoms with Crippen LogP contribution in [0.1, 0.15) is 27.8 Å². The zero-order valence-electron chi connectivity index (χ0n) is 16.1. The van der Waals surface area contributed by atoms with Crippen LogP contribution in [0, 0.1) is 20.8 Å². The van der Waals surface area contributed by atoms with Gasteiger partial charge < -0.3 is 0 Å². The maximum Gasteiger partial charge on any atom is 0.416 e. The lowest BCUT2D eigenvalue weighted by Gasteiger charge is -2.07. The second kappa shape index (κ2) is 8.21. The minimum absolute atomic E-state index is 0.292. The van der Waals surface area contributed by atoms with Crippen molar-refractivity contribution in [3.8, 4) is 11.3 Å². The number of anilines is 1. The first-order valence-electron chi connectivity index (χ1n) is 8.83. The van der Waals surface area contributed by atoms with E-state index in [0.717, 1.165) is 34.5 Å². The highest BCUT2D eigenvalue weighted by Crippen LogP contribution is 2.30. The zero-order valence-corrected chi connectivity index (χ0v) is 16.9. The molecule has 150 valence electrons. The lowest BCUT2D eigenvalue weighted by atomic mass is 9.99. The summed E-state index contributed by atoms with van der Waals surface area (Å²) in [6.45, 7) is 6.10. The molecular formula is C22H19F3N2OS. The Morgan fingerprint density at radius 3 is 2.52 bits per heavy atom. The first kappa shape index (κ1) is 20.8. The molecule has 1 aromatic heterocycles. The fourth-order valence-electron chi connectivity index (χ4n) is 2.83. The van der Waals surface area contributed by atoms with Crippen molar-refractivity contribution < 1.29 is 18.0 Å². The second-order valence-electron chi connectivity index (χ2n) is 6.74. The van der Waals surface area contributed by atoms with Gasteiger partial charge in [-0.15, -0.1) is 11.3 Å². The van der Waals surface area contributed by atoms with Crippen molar-refractivity contribution >= 4 is 28.5 Å². The Morgan fingerprint density at radius 1 is 1.07 bits per heavy atom. The SMILES string of the molecule is Cc1cc(C)c(-c2csc(NC(=O)C=Cc3cccc(C(F)(F)F)c3)n2)cc1C. The standard InChI is InChI=1S/C22H19F3N2OS/c1-13-9-15(3)18(10-14(13)2)19-12-29-21(26-19)27-20(28)8-7-16-5-4-6-17(11-16)22(23,24)25/h4-12H,1-3H3,(H,26,27,28). The van der Waals surface area contributed by atoms with Gasteiger partial charge in [-0.1, -0.05) is 18.2 Å². The molecule has 0 aliphatic carbocycles. The van der Waals surface area contributed by atoms with Crippen LogP contribution < -0.4 is 5.32 Å². The molecule has 0 radical (unpaired) electrons. The van der Waals surface area contributed by atoms with Gasteiger partial charge >= 0.3 is 6.18 Å². The van der Waals surface area contributed by atoms with Gasteiger partial charge in [-0.2, -0.15) is 13.2 Å². The maximum absolute atomic E-state index is 12.8. The Balaban J connectivity index is 1.71. The van der Waals surface area contributed by atoms with E-state index in [4.69, 9.17) is 0 Å². The van der Waals surface area contributed by atoms with Crippen molar-refractivity contribution in [1.82, 2.24) is 4.98 Å². The largest absolute Gasteiger partial charge is 0.416 e. The fraction of sp³-hybridized carbons (Fsp3) is 0.182. The van der Waals surface area contributed by atoms with Gasteiger partial charge in [-0.25, -0.2) is 4.98 Å². The molecule has 0 saturated heterocycles. The van der Waals surface area contributed by atoms with Crippen LogP contribution in [0.5, 0.6) is 0 Å². The molecule has 0 aliphatic heterocycles. The summed E-state index contributed by atoms with van der Waals surface area (Å²) in [6, 6.07) is 8.96. The van der Waals surface area contributed by atoms with Crippen molar-refractivity contribution in [2.45, 2.75) is 26.9 Å². The van der Waals surface area contributed by atoms with Crippen LogP contribution in [0.4, 0.5) is 18.3 Å². The van der Waals surface area contributed by atoms with E-state index < -0.39 is 17.6 Å². The normalized spacial score (nSPS) is 11.8. The van der Waals surface area contributed by atoms with Crippen LogP contribution in [0.2, 0.25) is 0 Å². The Hall–Kier alpha value is -2.93. The van der Waals surface area contributed by atoms with Crippen molar-refractivity contribution in [3.63, 3.8) is 0 Å². The summed E-state index contributed by atoms with van der Waals surface area (Å²) in [7, 11) is 0. The number of aromatic nitrogens is 1. The maximum atomic E-state index is 12.8. The van der Waals surface area contributed by atoms with E-state index >= 15 is 0 Å². The lowest BCUT2D eigenvalue weighted by Crippen LogP contribution is -2.07. The Labute approximate surface area is 170 Å². The molecule has 0 fully saturated rings. The van der Waals surface area contributed by atoms with Gasteiger partial charge in [0.2, 0.25) is 5.91 Å². The van der Waals surface area contributed by atoms with Crippen molar-refractivity contribution in [1.29, 1.82) is 0 Å². The van der Waals surface area contributed by atoms with Crippen LogP contribution in [0.15, 0.2) is 47.9 Å². The summed E-state index contributed by atoms with van der Waals surface area (Å²) in [6.07, 6.45) is -1.89. The lowest BCUT2D eigenvalue weighted by molar-refractivity contribution is -0.137. The highest BCUT2D eigenvalue weighted by molar-refractivity contribution is 7.14. The van der Waals surface area contributed by atoms with Gasteiger partial charge in [0.1, 0.15) is 0 Å². The number of nitrogens with zero attached hydrogens (tertiary/aromatic N) is 1. The number of hydrogen-bond donors (Lipinski definition) is 1. The molecule has 1 N–H and O–H groups in total. The van der Waals surface area contributed by atoms with E-state index in [2.05, 4.69) is 29.4 Å². The van der Waals surface area contributed by atoms with E-state index in [1.165, 1.54) is 41.2 Å². The Bertz CT molecular complexity index is 1080. The molecule has 1 amide bonds. The van der Waals surface area contributed by atoms with Gasteiger partial charge in [0.25, 0.3) is 0 Å². The summed E-state index contributed by atoms with van der Waals surface area (Å²) < 4.78 is 38.3. The Kier molecular flexibility index (Phi) is 5.88. The first-order valence-corrected chi connectivity index (χ1v) is 9.71. The number of carbonyl (C=O) groups excluding carboxylic acids is 1. The number of amides is 1. The van der Waals surface area contributed by atoms with Crippen LogP contribution >= 0.6 is 11.3 Å². The van der Waals surface area contributed by atoms with Crippen LogP contribution in [-0.2, 0) is 11.0 Å². The molecule has 2 aromatic carbocycles. The molecule has 3 aromatic rings. The number of alkyl halides is 3. The topological polar surface area (TPSA) is 42.0 Å². The third-order valence-electron chi connectivity index (χ3n) is 4.49. The smallest absolute Gasteiger partial charge is 0.298 e. The average Bonchev–Trinajstić information content (AvgIpc) is 3.10. The van der Waals surface area contributed by atoms with Gasteiger partial charge in [0.15, 0.2) is 5.13 Å². The molecule has 0 aliphatic rings. The van der Waals surface area contributed by atoms with Gasteiger partial charge in [-0.05, 0) is 67.3 Å². The average molecular weight is 416 g/mol. The molecule has 0 unspecified atom stereocenters. The van der Waals surface area contributed by atoms with Crippen molar-refractivity contribution in [2.75, 3.05) is 5.32 Å². The number of hydrogen-bond acceptors (Lipinski definition) is 3. The number of carbonyl (C=O) groups is 1. The summed E-state index contributed by atoms with van der Waals surface area (Å²) in [4.78, 5) is 16.6. The number of rotatable bonds is 4. The number of benzene rings is 2. The molecule has 3 nitrogen and oxygen atoms in total. The molecule has 0 atom stereocenters. The molecule has 0 bridgehead atoms. The van der Waals surface area contributed by atoms with Gasteiger partial charge in [0, 0.05) is 17.0 Å². The number of thiazole rings is 1. The molecule has 1 heterocycles. The van der Waals surface area contributed by atoms with Crippen LogP contribution in [-0.4, -0.2) is 10.9 Å². The van der Waals surface area contributed by atoms with E-state index in [1.807, 2.05) is 19.2 Å². The molecule has 0 saturated carbocycles. The van der Waals surface area contributed by atoms with E-state index in [0.29, 0.717) is 10.7 Å².